The zero-order chi connectivity index (χ0) is 28.8. The highest BCUT2D eigenvalue weighted by Crippen LogP contribution is 2.49. The third kappa shape index (κ3) is 6.36. The van der Waals surface area contributed by atoms with Crippen LogP contribution in [0, 0.1) is 0 Å². The van der Waals surface area contributed by atoms with Gasteiger partial charge in [-0.15, -0.1) is 0 Å². The predicted molar refractivity (Wildman–Crippen MR) is 175 cm³/mol. The van der Waals surface area contributed by atoms with E-state index in [9.17, 15) is 0 Å². The molecule has 0 spiro atoms. The second-order valence-corrected chi connectivity index (χ2v) is 11.2. The zero-order valence-electron chi connectivity index (χ0n) is 24.1. The first-order valence-corrected chi connectivity index (χ1v) is 14.6. The van der Waals surface area contributed by atoms with E-state index in [4.69, 9.17) is 9.47 Å². The minimum atomic E-state index is -0.554. The van der Waals surface area contributed by atoms with Gasteiger partial charge in [0.05, 0.1) is 11.7 Å². The van der Waals surface area contributed by atoms with Crippen LogP contribution in [0.4, 0.5) is 0 Å². The van der Waals surface area contributed by atoms with Crippen LogP contribution in [0.25, 0.3) is 18.2 Å². The number of fused-ring (bicyclic) bond motifs is 2. The van der Waals surface area contributed by atoms with Gasteiger partial charge in [0.2, 0.25) is 0 Å². The first-order valence-electron chi connectivity index (χ1n) is 14.6. The van der Waals surface area contributed by atoms with Crippen molar-refractivity contribution in [2.75, 3.05) is 0 Å². The van der Waals surface area contributed by atoms with E-state index in [-0.39, 0.29) is 12.0 Å². The summed E-state index contributed by atoms with van der Waals surface area (Å²) >= 11 is 0. The molecule has 1 fully saturated rings. The second-order valence-electron chi connectivity index (χ2n) is 11.2. The van der Waals surface area contributed by atoms with Crippen LogP contribution in [-0.4, -0.2) is 18.0 Å². The first kappa shape index (κ1) is 27.7. The molecular weight excluding hydrogens is 512 g/mol. The van der Waals surface area contributed by atoms with Crippen LogP contribution in [-0.2, 0) is 9.47 Å². The summed E-state index contributed by atoms with van der Waals surface area (Å²) in [5.74, 6) is 0.0107. The van der Waals surface area contributed by atoms with Crippen LogP contribution >= 0.6 is 0 Å². The van der Waals surface area contributed by atoms with Crippen molar-refractivity contribution in [3.63, 3.8) is 0 Å². The minimum absolute atomic E-state index is 0.0107. The van der Waals surface area contributed by atoms with E-state index >= 15 is 0 Å². The Labute approximate surface area is 249 Å². The fourth-order valence-electron chi connectivity index (χ4n) is 5.82. The summed E-state index contributed by atoms with van der Waals surface area (Å²) in [4.78, 5) is 0. The van der Waals surface area contributed by atoms with Crippen molar-refractivity contribution in [2.45, 2.75) is 37.8 Å². The number of hydrogen-bond acceptors (Lipinski definition) is 2. The van der Waals surface area contributed by atoms with Gasteiger partial charge >= 0.3 is 0 Å². The molecule has 1 saturated heterocycles. The summed E-state index contributed by atoms with van der Waals surface area (Å²) in [7, 11) is 0. The molecule has 2 bridgehead atoms. The van der Waals surface area contributed by atoms with Gasteiger partial charge in [0.25, 0.3) is 0 Å². The van der Waals surface area contributed by atoms with Gasteiger partial charge < -0.3 is 9.47 Å². The summed E-state index contributed by atoms with van der Waals surface area (Å²) in [5, 5.41) is 0. The van der Waals surface area contributed by atoms with Crippen molar-refractivity contribution < 1.29 is 9.47 Å². The molecule has 0 N–H and O–H groups in total. The summed E-state index contributed by atoms with van der Waals surface area (Å²) in [6, 6.07) is 41.8. The van der Waals surface area contributed by atoms with Gasteiger partial charge in [-0.05, 0) is 53.8 Å². The van der Waals surface area contributed by atoms with Gasteiger partial charge in [-0.3, -0.25) is 0 Å². The van der Waals surface area contributed by atoms with E-state index in [1.165, 1.54) is 11.1 Å². The topological polar surface area (TPSA) is 18.5 Å². The molecule has 42 heavy (non-hydrogen) atoms. The SMILES string of the molecule is CC(/C=C\C(=C/c1ccccc1)C1OC2/C(=C/c3ccccc3)C=CC(C)(O1)C2c1ccccc1)=C\c1ccccc1. The van der Waals surface area contributed by atoms with Crippen molar-refractivity contribution in [1.29, 1.82) is 0 Å². The lowest BCUT2D eigenvalue weighted by Crippen LogP contribution is -2.54. The van der Waals surface area contributed by atoms with Crippen molar-refractivity contribution >= 4 is 18.2 Å². The second kappa shape index (κ2) is 12.6. The standard InChI is InChI=1S/C40H36O2/c1-30(27-31-15-7-3-8-16-31)23-24-36(29-33-19-11-5-12-20-33)39-41-38-35(28-32-17-9-4-10-18-32)25-26-40(2,42-39)37(38)34-21-13-6-14-22-34/h3-29,37-39H,1-2H3/b24-23-,30-27+,35-28+,36-29+. The highest BCUT2D eigenvalue weighted by molar-refractivity contribution is 5.62. The van der Waals surface area contributed by atoms with Crippen LogP contribution in [0.2, 0.25) is 0 Å². The third-order valence-electron chi connectivity index (χ3n) is 7.92. The molecule has 1 aliphatic carbocycles. The quantitative estimate of drug-likeness (QED) is 0.214. The van der Waals surface area contributed by atoms with Gasteiger partial charge in [-0.25, -0.2) is 0 Å². The molecule has 4 aromatic carbocycles. The molecule has 4 unspecified atom stereocenters. The summed E-state index contributed by atoms with van der Waals surface area (Å²) in [5.41, 5.74) is 7.34. The number of rotatable bonds is 7. The number of hydrogen-bond donors (Lipinski definition) is 0. The van der Waals surface area contributed by atoms with Gasteiger partial charge in [-0.1, -0.05) is 157 Å². The molecule has 2 nitrogen and oxygen atoms in total. The number of benzene rings is 4. The van der Waals surface area contributed by atoms with Crippen LogP contribution in [0.1, 0.15) is 42.0 Å². The Morgan fingerprint density at radius 2 is 1.21 bits per heavy atom. The van der Waals surface area contributed by atoms with Crippen LogP contribution in [0.15, 0.2) is 162 Å². The average Bonchev–Trinajstić information content (AvgIpc) is 3.02. The highest BCUT2D eigenvalue weighted by atomic mass is 16.7. The van der Waals surface area contributed by atoms with Crippen molar-refractivity contribution in [3.8, 4) is 0 Å². The normalized spacial score (nSPS) is 25.2. The molecule has 1 aliphatic heterocycles. The number of ether oxygens (including phenoxy) is 2. The lowest BCUT2D eigenvalue weighted by Gasteiger charge is -2.51. The maximum absolute atomic E-state index is 6.98. The molecule has 1 heterocycles. The predicted octanol–water partition coefficient (Wildman–Crippen LogP) is 9.67. The monoisotopic (exact) mass is 548 g/mol. The Morgan fingerprint density at radius 3 is 1.83 bits per heavy atom. The van der Waals surface area contributed by atoms with E-state index in [0.717, 1.165) is 27.8 Å². The van der Waals surface area contributed by atoms with E-state index in [0.29, 0.717) is 0 Å². The Kier molecular flexibility index (Phi) is 8.28. The van der Waals surface area contributed by atoms with Crippen LogP contribution in [0.5, 0.6) is 0 Å². The molecule has 2 aliphatic rings. The van der Waals surface area contributed by atoms with Gasteiger partial charge in [0, 0.05) is 11.5 Å². The van der Waals surface area contributed by atoms with Crippen molar-refractivity contribution in [1.82, 2.24) is 0 Å². The molecular formula is C40H36O2. The van der Waals surface area contributed by atoms with E-state index in [2.05, 4.69) is 160 Å². The van der Waals surface area contributed by atoms with Crippen molar-refractivity contribution in [3.05, 3.63) is 185 Å². The Morgan fingerprint density at radius 1 is 0.667 bits per heavy atom. The molecule has 0 amide bonds. The average molecular weight is 549 g/mol. The van der Waals surface area contributed by atoms with Crippen LogP contribution < -0.4 is 0 Å². The fraction of sp³-hybridized carbons (Fsp3) is 0.150. The van der Waals surface area contributed by atoms with Gasteiger partial charge in [-0.2, -0.15) is 0 Å². The lowest BCUT2D eigenvalue weighted by atomic mass is 9.71. The van der Waals surface area contributed by atoms with E-state index in [1.54, 1.807) is 0 Å². The van der Waals surface area contributed by atoms with E-state index in [1.807, 2.05) is 18.2 Å². The largest absolute Gasteiger partial charge is 0.340 e. The lowest BCUT2D eigenvalue weighted by molar-refractivity contribution is -0.249. The van der Waals surface area contributed by atoms with E-state index < -0.39 is 11.9 Å². The van der Waals surface area contributed by atoms with Gasteiger partial charge in [0.15, 0.2) is 6.29 Å². The van der Waals surface area contributed by atoms with Crippen LogP contribution in [0.3, 0.4) is 0 Å². The Balaban J connectivity index is 1.40. The summed E-state index contributed by atoms with van der Waals surface area (Å²) in [6.45, 7) is 4.31. The van der Waals surface area contributed by atoms with Gasteiger partial charge in [0.1, 0.15) is 0 Å². The first-order chi connectivity index (χ1) is 20.6. The summed E-state index contributed by atoms with van der Waals surface area (Å²) < 4.78 is 13.9. The third-order valence-corrected chi connectivity index (χ3v) is 7.92. The maximum Gasteiger partial charge on any atom is 0.185 e. The maximum atomic E-state index is 6.98. The smallest absolute Gasteiger partial charge is 0.185 e. The van der Waals surface area contributed by atoms with Crippen molar-refractivity contribution in [2.24, 2.45) is 0 Å². The molecule has 4 aromatic rings. The Bertz CT molecular complexity index is 1630. The molecule has 0 radical (unpaired) electrons. The minimum Gasteiger partial charge on any atom is -0.340 e. The molecule has 2 heteroatoms. The number of allylic oxidation sites excluding steroid dienone is 2. The Hall–Kier alpha value is -4.50. The fourth-order valence-corrected chi connectivity index (χ4v) is 5.82. The highest BCUT2D eigenvalue weighted by Gasteiger charge is 2.50. The molecule has 0 aromatic heterocycles. The summed E-state index contributed by atoms with van der Waals surface area (Å²) in [6.07, 6.45) is 14.5. The molecule has 4 atom stereocenters. The molecule has 0 saturated carbocycles. The molecule has 208 valence electrons. The molecule has 6 rings (SSSR count). The zero-order valence-corrected chi connectivity index (χ0v) is 24.1.